The van der Waals surface area contributed by atoms with Gasteiger partial charge in [0.1, 0.15) is 5.75 Å². The lowest BCUT2D eigenvalue weighted by molar-refractivity contribution is -0.122. The standard InChI is InChI=1S/C23H24N2O4S/c1-17-8-12-21(13-9-17)29-18(2)23(26)25-20-10-14-22(15-11-20)30(27,28)24-16-19-6-4-3-5-7-19/h3-15,18,24H,16H2,1-2H3,(H,25,26). The van der Waals surface area contributed by atoms with Crippen LogP contribution in [0.15, 0.2) is 83.8 Å². The molecule has 7 heteroatoms. The van der Waals surface area contributed by atoms with E-state index in [1.807, 2.05) is 49.4 Å². The molecular weight excluding hydrogens is 400 g/mol. The molecule has 1 unspecified atom stereocenters. The molecule has 30 heavy (non-hydrogen) atoms. The Morgan fingerprint density at radius 3 is 2.20 bits per heavy atom. The fourth-order valence-corrected chi connectivity index (χ4v) is 3.71. The zero-order chi connectivity index (χ0) is 21.6. The Hall–Kier alpha value is -3.16. The number of hydrogen-bond donors (Lipinski definition) is 2. The second-order valence-electron chi connectivity index (χ2n) is 6.90. The smallest absolute Gasteiger partial charge is 0.265 e. The first-order chi connectivity index (χ1) is 14.3. The van der Waals surface area contributed by atoms with Crippen LogP contribution in [-0.2, 0) is 21.4 Å². The van der Waals surface area contributed by atoms with Crippen molar-refractivity contribution >= 4 is 21.6 Å². The highest BCUT2D eigenvalue weighted by Gasteiger charge is 2.17. The zero-order valence-corrected chi connectivity index (χ0v) is 17.6. The van der Waals surface area contributed by atoms with Crippen LogP contribution < -0.4 is 14.8 Å². The van der Waals surface area contributed by atoms with Gasteiger partial charge in [0.15, 0.2) is 6.10 Å². The summed E-state index contributed by atoms with van der Waals surface area (Å²) in [7, 11) is -3.65. The highest BCUT2D eigenvalue weighted by molar-refractivity contribution is 7.89. The average Bonchev–Trinajstić information content (AvgIpc) is 2.75. The van der Waals surface area contributed by atoms with Gasteiger partial charge >= 0.3 is 0 Å². The first-order valence-corrected chi connectivity index (χ1v) is 11.0. The molecule has 1 amide bonds. The second-order valence-corrected chi connectivity index (χ2v) is 8.66. The van der Waals surface area contributed by atoms with Crippen molar-refractivity contribution in [1.82, 2.24) is 4.72 Å². The topological polar surface area (TPSA) is 84.5 Å². The van der Waals surface area contributed by atoms with E-state index in [4.69, 9.17) is 4.74 Å². The number of anilines is 1. The minimum absolute atomic E-state index is 0.125. The van der Waals surface area contributed by atoms with Crippen LogP contribution in [0.1, 0.15) is 18.1 Å². The summed E-state index contributed by atoms with van der Waals surface area (Å²) in [5, 5.41) is 2.73. The normalized spacial score (nSPS) is 12.2. The Morgan fingerprint density at radius 1 is 0.933 bits per heavy atom. The van der Waals surface area contributed by atoms with Crippen LogP contribution >= 0.6 is 0 Å². The van der Waals surface area contributed by atoms with Crippen LogP contribution in [0.2, 0.25) is 0 Å². The Labute approximate surface area is 177 Å². The van der Waals surface area contributed by atoms with Crippen LogP contribution in [-0.4, -0.2) is 20.4 Å². The number of benzene rings is 3. The van der Waals surface area contributed by atoms with Crippen molar-refractivity contribution in [1.29, 1.82) is 0 Å². The minimum atomic E-state index is -3.65. The van der Waals surface area contributed by atoms with E-state index in [-0.39, 0.29) is 17.3 Å². The summed E-state index contributed by atoms with van der Waals surface area (Å²) in [4.78, 5) is 12.5. The van der Waals surface area contributed by atoms with Crippen molar-refractivity contribution < 1.29 is 17.9 Å². The third-order valence-corrected chi connectivity index (χ3v) is 5.86. The molecule has 0 bridgehead atoms. The van der Waals surface area contributed by atoms with Crippen LogP contribution in [0, 0.1) is 6.92 Å². The molecule has 0 radical (unpaired) electrons. The Balaban J connectivity index is 1.57. The Morgan fingerprint density at radius 2 is 1.57 bits per heavy atom. The molecule has 156 valence electrons. The van der Waals surface area contributed by atoms with Gasteiger partial charge in [-0.1, -0.05) is 48.0 Å². The van der Waals surface area contributed by atoms with E-state index in [1.165, 1.54) is 12.1 Å². The maximum absolute atomic E-state index is 12.5. The molecule has 0 fully saturated rings. The predicted octanol–water partition coefficient (Wildman–Crippen LogP) is 3.88. The van der Waals surface area contributed by atoms with E-state index in [1.54, 1.807) is 31.2 Å². The molecule has 6 nitrogen and oxygen atoms in total. The first kappa shape index (κ1) is 21.5. The molecule has 1 atom stereocenters. The zero-order valence-electron chi connectivity index (χ0n) is 16.8. The van der Waals surface area contributed by atoms with Gasteiger partial charge < -0.3 is 10.1 Å². The summed E-state index contributed by atoms with van der Waals surface area (Å²) >= 11 is 0. The fourth-order valence-electron chi connectivity index (χ4n) is 2.69. The van der Waals surface area contributed by atoms with Gasteiger partial charge in [-0.15, -0.1) is 0 Å². The summed E-state index contributed by atoms with van der Waals surface area (Å²) in [5.74, 6) is 0.280. The van der Waals surface area contributed by atoms with Gasteiger partial charge in [0.05, 0.1) is 4.90 Å². The first-order valence-electron chi connectivity index (χ1n) is 9.51. The summed E-state index contributed by atoms with van der Waals surface area (Å²) in [5.41, 5.74) is 2.46. The average molecular weight is 425 g/mol. The molecule has 0 aromatic heterocycles. The van der Waals surface area contributed by atoms with Crippen LogP contribution in [0.25, 0.3) is 0 Å². The highest BCUT2D eigenvalue weighted by atomic mass is 32.2. The van der Waals surface area contributed by atoms with Crippen molar-refractivity contribution in [2.75, 3.05) is 5.32 Å². The summed E-state index contributed by atoms with van der Waals surface area (Å²) in [6, 6.07) is 22.7. The van der Waals surface area contributed by atoms with Crippen molar-refractivity contribution in [3.63, 3.8) is 0 Å². The van der Waals surface area contributed by atoms with E-state index >= 15 is 0 Å². The van der Waals surface area contributed by atoms with Gasteiger partial charge in [-0.2, -0.15) is 0 Å². The number of sulfonamides is 1. The lowest BCUT2D eigenvalue weighted by Gasteiger charge is -2.15. The van der Waals surface area contributed by atoms with Gasteiger partial charge in [-0.05, 0) is 55.8 Å². The van der Waals surface area contributed by atoms with E-state index in [0.29, 0.717) is 11.4 Å². The largest absolute Gasteiger partial charge is 0.481 e. The number of ether oxygens (including phenoxy) is 1. The molecule has 3 aromatic rings. The molecule has 2 N–H and O–H groups in total. The van der Waals surface area contributed by atoms with Crippen molar-refractivity contribution in [2.24, 2.45) is 0 Å². The minimum Gasteiger partial charge on any atom is -0.481 e. The van der Waals surface area contributed by atoms with Crippen LogP contribution in [0.5, 0.6) is 5.75 Å². The summed E-state index contributed by atoms with van der Waals surface area (Å²) in [6.07, 6.45) is -0.705. The molecule has 0 saturated carbocycles. The molecule has 0 spiro atoms. The summed E-state index contributed by atoms with van der Waals surface area (Å²) < 4.78 is 33.1. The number of rotatable bonds is 8. The number of nitrogens with one attached hydrogen (secondary N) is 2. The van der Waals surface area contributed by atoms with E-state index in [0.717, 1.165) is 11.1 Å². The molecule has 0 aliphatic carbocycles. The molecular formula is C23H24N2O4S. The van der Waals surface area contributed by atoms with Gasteiger partial charge in [0.25, 0.3) is 5.91 Å². The molecule has 0 saturated heterocycles. The third kappa shape index (κ3) is 5.92. The molecule has 0 aliphatic rings. The third-order valence-electron chi connectivity index (χ3n) is 4.44. The maximum Gasteiger partial charge on any atom is 0.265 e. The van der Waals surface area contributed by atoms with Crippen molar-refractivity contribution in [2.45, 2.75) is 31.4 Å². The maximum atomic E-state index is 12.5. The van der Waals surface area contributed by atoms with Crippen LogP contribution in [0.3, 0.4) is 0 Å². The number of carbonyl (C=O) groups excluding carboxylic acids is 1. The van der Waals surface area contributed by atoms with Gasteiger partial charge in [-0.25, -0.2) is 13.1 Å². The van der Waals surface area contributed by atoms with Crippen molar-refractivity contribution in [3.8, 4) is 5.75 Å². The fraction of sp³-hybridized carbons (Fsp3) is 0.174. The van der Waals surface area contributed by atoms with E-state index in [2.05, 4.69) is 10.0 Å². The molecule has 0 heterocycles. The Bertz CT molecular complexity index is 1080. The lowest BCUT2D eigenvalue weighted by Crippen LogP contribution is -2.30. The molecule has 3 aromatic carbocycles. The second kappa shape index (κ2) is 9.56. The van der Waals surface area contributed by atoms with Crippen LogP contribution in [0.4, 0.5) is 5.69 Å². The number of aryl methyl sites for hydroxylation is 1. The number of hydrogen-bond acceptors (Lipinski definition) is 4. The highest BCUT2D eigenvalue weighted by Crippen LogP contribution is 2.17. The lowest BCUT2D eigenvalue weighted by atomic mass is 10.2. The molecule has 3 rings (SSSR count). The van der Waals surface area contributed by atoms with Gasteiger partial charge in [0.2, 0.25) is 10.0 Å². The van der Waals surface area contributed by atoms with Gasteiger partial charge in [0, 0.05) is 12.2 Å². The van der Waals surface area contributed by atoms with E-state index in [9.17, 15) is 13.2 Å². The summed E-state index contributed by atoms with van der Waals surface area (Å²) in [6.45, 7) is 3.83. The number of carbonyl (C=O) groups is 1. The number of amides is 1. The predicted molar refractivity (Wildman–Crippen MR) is 117 cm³/mol. The Kier molecular flexibility index (Phi) is 6.87. The SMILES string of the molecule is Cc1ccc(OC(C)C(=O)Nc2ccc(S(=O)(=O)NCc3ccccc3)cc2)cc1. The van der Waals surface area contributed by atoms with E-state index < -0.39 is 16.1 Å². The monoisotopic (exact) mass is 424 g/mol. The molecule has 0 aliphatic heterocycles. The van der Waals surface area contributed by atoms with Crippen molar-refractivity contribution in [3.05, 3.63) is 90.0 Å². The van der Waals surface area contributed by atoms with Gasteiger partial charge in [-0.3, -0.25) is 4.79 Å². The quantitative estimate of drug-likeness (QED) is 0.575.